The number of hydrogen-bond acceptors (Lipinski definition) is 3. The summed E-state index contributed by atoms with van der Waals surface area (Å²) in [5, 5.41) is 8.74. The molecule has 0 heterocycles. The number of aliphatic hydroxyl groups is 1. The van der Waals surface area contributed by atoms with Gasteiger partial charge in [-0.25, -0.2) is 4.39 Å². The second-order valence-electron chi connectivity index (χ2n) is 5.03. The average molecular weight is 292 g/mol. The molecule has 0 aliphatic rings. The Morgan fingerprint density at radius 3 is 2.62 bits per heavy atom. The number of halogens is 1. The van der Waals surface area contributed by atoms with Crippen LogP contribution in [0.3, 0.4) is 0 Å². The fourth-order valence-corrected chi connectivity index (χ4v) is 1.87. The van der Waals surface area contributed by atoms with Gasteiger partial charge >= 0.3 is 0 Å². The maximum absolute atomic E-state index is 13.4. The summed E-state index contributed by atoms with van der Waals surface area (Å²) in [7, 11) is 5.63. The van der Waals surface area contributed by atoms with Crippen LogP contribution < -0.4 is 0 Å². The molecule has 0 radical (unpaired) electrons. The maximum atomic E-state index is 13.4. The maximum Gasteiger partial charge on any atom is 0.254 e. The summed E-state index contributed by atoms with van der Waals surface area (Å²) in [6.07, 6.45) is 0.836. The van der Waals surface area contributed by atoms with E-state index in [1.165, 1.54) is 18.2 Å². The van der Waals surface area contributed by atoms with Crippen LogP contribution in [0.1, 0.15) is 22.3 Å². The predicted molar refractivity (Wildman–Crippen MR) is 80.5 cm³/mol. The third-order valence-corrected chi connectivity index (χ3v) is 2.96. The Morgan fingerprint density at radius 1 is 1.29 bits per heavy atom. The van der Waals surface area contributed by atoms with Gasteiger partial charge in [-0.05, 0) is 45.3 Å². The summed E-state index contributed by atoms with van der Waals surface area (Å²) < 4.78 is 13.4. The molecular weight excluding hydrogens is 271 g/mol. The van der Waals surface area contributed by atoms with Gasteiger partial charge in [0, 0.05) is 19.2 Å². The van der Waals surface area contributed by atoms with E-state index in [-0.39, 0.29) is 18.1 Å². The highest BCUT2D eigenvalue weighted by Gasteiger charge is 2.15. The Morgan fingerprint density at radius 2 is 2.00 bits per heavy atom. The van der Waals surface area contributed by atoms with E-state index >= 15 is 0 Å². The second-order valence-corrected chi connectivity index (χ2v) is 5.03. The number of rotatable bonds is 5. The molecule has 5 heteroatoms. The molecule has 0 bridgehead atoms. The second kappa shape index (κ2) is 8.40. The van der Waals surface area contributed by atoms with Crippen molar-refractivity contribution >= 4 is 5.91 Å². The Kier molecular flexibility index (Phi) is 6.86. The van der Waals surface area contributed by atoms with Crippen molar-refractivity contribution in [1.29, 1.82) is 0 Å². The smallest absolute Gasteiger partial charge is 0.254 e. The summed E-state index contributed by atoms with van der Waals surface area (Å²) in [4.78, 5) is 16.0. The van der Waals surface area contributed by atoms with Gasteiger partial charge in [0.2, 0.25) is 0 Å². The van der Waals surface area contributed by atoms with Gasteiger partial charge in [-0.3, -0.25) is 4.79 Å². The fraction of sp³-hybridized carbons (Fsp3) is 0.438. The van der Waals surface area contributed by atoms with Crippen molar-refractivity contribution in [3.63, 3.8) is 0 Å². The lowest BCUT2D eigenvalue weighted by Crippen LogP contribution is -2.30. The molecular formula is C16H21FN2O2. The monoisotopic (exact) mass is 292 g/mol. The average Bonchev–Trinajstić information content (AvgIpc) is 2.44. The predicted octanol–water partition coefficient (Wildman–Crippen LogP) is 1.19. The molecule has 1 rings (SSSR count). The third kappa shape index (κ3) is 5.54. The number of benzene rings is 1. The number of carbonyl (C=O) groups excluding carboxylic acids is 1. The zero-order chi connectivity index (χ0) is 15.8. The lowest BCUT2D eigenvalue weighted by Gasteiger charge is -2.19. The van der Waals surface area contributed by atoms with Gasteiger partial charge < -0.3 is 14.9 Å². The Bertz CT molecular complexity index is 547. The molecule has 21 heavy (non-hydrogen) atoms. The van der Waals surface area contributed by atoms with Gasteiger partial charge in [0.05, 0.1) is 5.56 Å². The minimum atomic E-state index is -0.477. The lowest BCUT2D eigenvalue weighted by molar-refractivity contribution is 0.0790. The molecule has 1 aromatic carbocycles. The molecule has 0 unspecified atom stereocenters. The molecule has 1 aromatic rings. The molecule has 0 aromatic heterocycles. The van der Waals surface area contributed by atoms with Gasteiger partial charge in [0.25, 0.3) is 5.91 Å². The lowest BCUT2D eigenvalue weighted by atomic mass is 10.1. The van der Waals surface area contributed by atoms with Crippen LogP contribution in [0, 0.1) is 17.7 Å². The first-order chi connectivity index (χ1) is 9.95. The molecule has 0 aliphatic carbocycles. The Hall–Kier alpha value is -1.90. The van der Waals surface area contributed by atoms with E-state index < -0.39 is 5.82 Å². The van der Waals surface area contributed by atoms with Crippen molar-refractivity contribution in [1.82, 2.24) is 9.80 Å². The summed E-state index contributed by atoms with van der Waals surface area (Å²) >= 11 is 0. The van der Waals surface area contributed by atoms with Crippen LogP contribution >= 0.6 is 0 Å². The van der Waals surface area contributed by atoms with E-state index in [0.29, 0.717) is 12.1 Å². The van der Waals surface area contributed by atoms with E-state index in [2.05, 4.69) is 11.8 Å². The molecule has 1 amide bonds. The number of aliphatic hydroxyl groups excluding tert-OH is 1. The molecule has 0 saturated carbocycles. The Balaban J connectivity index is 2.87. The normalized spacial score (nSPS) is 10.2. The van der Waals surface area contributed by atoms with Crippen LogP contribution in [0.2, 0.25) is 0 Å². The van der Waals surface area contributed by atoms with Crippen LogP contribution in [-0.4, -0.2) is 61.7 Å². The van der Waals surface area contributed by atoms with Crippen LogP contribution in [0.4, 0.5) is 4.39 Å². The van der Waals surface area contributed by atoms with Crippen LogP contribution in [0.25, 0.3) is 0 Å². The van der Waals surface area contributed by atoms with Gasteiger partial charge in [0.1, 0.15) is 12.4 Å². The minimum Gasteiger partial charge on any atom is -0.384 e. The van der Waals surface area contributed by atoms with E-state index in [4.69, 9.17) is 5.11 Å². The van der Waals surface area contributed by atoms with Crippen LogP contribution in [0.5, 0.6) is 0 Å². The quantitative estimate of drug-likeness (QED) is 0.829. The number of hydrogen-bond donors (Lipinski definition) is 1. The van der Waals surface area contributed by atoms with Crippen molar-refractivity contribution in [2.24, 2.45) is 0 Å². The first kappa shape index (κ1) is 17.2. The highest BCUT2D eigenvalue weighted by atomic mass is 19.1. The van der Waals surface area contributed by atoms with Crippen molar-refractivity contribution in [3.05, 3.63) is 35.1 Å². The van der Waals surface area contributed by atoms with Gasteiger partial charge in [0.15, 0.2) is 0 Å². The topological polar surface area (TPSA) is 43.8 Å². The van der Waals surface area contributed by atoms with Crippen LogP contribution in [0.15, 0.2) is 18.2 Å². The number of amides is 1. The van der Waals surface area contributed by atoms with E-state index in [1.807, 2.05) is 19.0 Å². The summed E-state index contributed by atoms with van der Waals surface area (Å²) in [6, 6.07) is 3.90. The third-order valence-electron chi connectivity index (χ3n) is 2.96. The summed E-state index contributed by atoms with van der Waals surface area (Å²) in [5.41, 5.74) is 0.651. The van der Waals surface area contributed by atoms with E-state index in [1.54, 1.807) is 11.9 Å². The first-order valence-corrected chi connectivity index (χ1v) is 6.75. The molecule has 0 aliphatic heterocycles. The molecule has 0 spiro atoms. The highest BCUT2D eigenvalue weighted by Crippen LogP contribution is 2.13. The van der Waals surface area contributed by atoms with Gasteiger partial charge in [-0.15, -0.1) is 0 Å². The fourth-order valence-electron chi connectivity index (χ4n) is 1.87. The standard InChI is InChI=1S/C16H21FN2O2/c1-18(2)9-5-10-19(3)16(21)15-12-14(17)8-7-13(15)6-4-11-20/h7-8,12,20H,5,9-11H2,1-3H3. The SMILES string of the molecule is CN(C)CCCN(C)C(=O)c1cc(F)ccc1C#CCO. The summed E-state index contributed by atoms with van der Waals surface area (Å²) in [6.45, 7) is 1.15. The molecule has 0 atom stereocenters. The Labute approximate surface area is 125 Å². The highest BCUT2D eigenvalue weighted by molar-refractivity contribution is 5.96. The van der Waals surface area contributed by atoms with Gasteiger partial charge in [-0.1, -0.05) is 11.8 Å². The van der Waals surface area contributed by atoms with Crippen molar-refractivity contribution < 1.29 is 14.3 Å². The molecule has 0 saturated heterocycles. The zero-order valence-corrected chi connectivity index (χ0v) is 12.7. The molecule has 114 valence electrons. The van der Waals surface area contributed by atoms with Gasteiger partial charge in [-0.2, -0.15) is 0 Å². The van der Waals surface area contributed by atoms with E-state index in [9.17, 15) is 9.18 Å². The number of carbonyl (C=O) groups is 1. The van der Waals surface area contributed by atoms with Crippen molar-refractivity contribution in [2.75, 3.05) is 40.8 Å². The summed E-state index contributed by atoms with van der Waals surface area (Å²) in [5.74, 6) is 4.41. The minimum absolute atomic E-state index is 0.225. The first-order valence-electron chi connectivity index (χ1n) is 6.75. The molecule has 1 N–H and O–H groups in total. The van der Waals surface area contributed by atoms with Crippen LogP contribution in [-0.2, 0) is 0 Å². The van der Waals surface area contributed by atoms with Crippen molar-refractivity contribution in [3.8, 4) is 11.8 Å². The number of nitrogens with zero attached hydrogens (tertiary/aromatic N) is 2. The van der Waals surface area contributed by atoms with E-state index in [0.717, 1.165) is 13.0 Å². The molecule has 0 fully saturated rings. The largest absolute Gasteiger partial charge is 0.384 e. The van der Waals surface area contributed by atoms with Crippen molar-refractivity contribution in [2.45, 2.75) is 6.42 Å². The molecule has 4 nitrogen and oxygen atoms in total. The zero-order valence-electron chi connectivity index (χ0n) is 12.7.